The van der Waals surface area contributed by atoms with Crippen molar-refractivity contribution in [1.82, 2.24) is 5.32 Å². The van der Waals surface area contributed by atoms with Gasteiger partial charge in [-0.15, -0.1) is 0 Å². The lowest BCUT2D eigenvalue weighted by Crippen LogP contribution is -2.35. The summed E-state index contributed by atoms with van der Waals surface area (Å²) in [5.41, 5.74) is 1.32. The number of hydrogen-bond acceptors (Lipinski definition) is 2. The standard InChI is InChI=1S/C12H21NO2/c1-9(2)7-8-13-11-5-3-10(4-6-11)12(14)15/h7,10-11,13H,3-6,8H2,1-2H3,(H,14,15). The van der Waals surface area contributed by atoms with Crippen molar-refractivity contribution in [2.75, 3.05) is 6.54 Å². The van der Waals surface area contributed by atoms with Gasteiger partial charge < -0.3 is 10.4 Å². The number of aliphatic carboxylic acids is 1. The highest BCUT2D eigenvalue weighted by molar-refractivity contribution is 5.70. The topological polar surface area (TPSA) is 49.3 Å². The van der Waals surface area contributed by atoms with Gasteiger partial charge in [0.15, 0.2) is 0 Å². The molecular formula is C12H21NO2. The molecule has 0 aromatic rings. The Balaban J connectivity index is 2.20. The fraction of sp³-hybridized carbons (Fsp3) is 0.750. The minimum absolute atomic E-state index is 0.105. The van der Waals surface area contributed by atoms with Crippen LogP contribution >= 0.6 is 0 Å². The van der Waals surface area contributed by atoms with Gasteiger partial charge in [0, 0.05) is 12.6 Å². The normalized spacial score (nSPS) is 26.0. The van der Waals surface area contributed by atoms with E-state index in [1.54, 1.807) is 0 Å². The summed E-state index contributed by atoms with van der Waals surface area (Å²) in [5, 5.41) is 12.3. The number of rotatable bonds is 4. The highest BCUT2D eigenvalue weighted by Crippen LogP contribution is 2.24. The van der Waals surface area contributed by atoms with E-state index in [1.165, 1.54) is 5.57 Å². The van der Waals surface area contributed by atoms with Gasteiger partial charge in [-0.2, -0.15) is 0 Å². The number of hydrogen-bond donors (Lipinski definition) is 2. The van der Waals surface area contributed by atoms with E-state index in [9.17, 15) is 4.79 Å². The summed E-state index contributed by atoms with van der Waals surface area (Å²) in [6.07, 6.45) is 5.80. The van der Waals surface area contributed by atoms with E-state index in [2.05, 4.69) is 25.2 Å². The van der Waals surface area contributed by atoms with E-state index in [4.69, 9.17) is 5.11 Å². The predicted octanol–water partition coefficient (Wildman–Crippen LogP) is 2.19. The molecule has 0 aromatic heterocycles. The van der Waals surface area contributed by atoms with Crippen LogP contribution in [0.2, 0.25) is 0 Å². The van der Waals surface area contributed by atoms with Crippen molar-refractivity contribution in [3.63, 3.8) is 0 Å². The van der Waals surface area contributed by atoms with Gasteiger partial charge in [-0.25, -0.2) is 0 Å². The molecule has 2 N–H and O–H groups in total. The van der Waals surface area contributed by atoms with Crippen molar-refractivity contribution in [2.45, 2.75) is 45.6 Å². The Morgan fingerprint density at radius 3 is 2.40 bits per heavy atom. The van der Waals surface area contributed by atoms with Gasteiger partial charge in [-0.3, -0.25) is 4.79 Å². The molecule has 0 unspecified atom stereocenters. The van der Waals surface area contributed by atoms with Gasteiger partial charge in [0.25, 0.3) is 0 Å². The Morgan fingerprint density at radius 1 is 1.33 bits per heavy atom. The monoisotopic (exact) mass is 211 g/mol. The molecule has 0 spiro atoms. The van der Waals surface area contributed by atoms with Crippen LogP contribution in [0.15, 0.2) is 11.6 Å². The van der Waals surface area contributed by atoms with Gasteiger partial charge in [0.1, 0.15) is 0 Å². The molecule has 1 aliphatic carbocycles. The number of carboxylic acid groups (broad SMARTS) is 1. The van der Waals surface area contributed by atoms with E-state index in [1.807, 2.05) is 0 Å². The number of carboxylic acids is 1. The molecule has 1 fully saturated rings. The van der Waals surface area contributed by atoms with Crippen molar-refractivity contribution >= 4 is 5.97 Å². The molecule has 0 saturated heterocycles. The fourth-order valence-electron chi connectivity index (χ4n) is 1.97. The summed E-state index contributed by atoms with van der Waals surface area (Å²) >= 11 is 0. The Bertz CT molecular complexity index is 236. The maximum atomic E-state index is 10.7. The van der Waals surface area contributed by atoms with Crippen LogP contribution in [0.3, 0.4) is 0 Å². The van der Waals surface area contributed by atoms with Crippen molar-refractivity contribution in [3.8, 4) is 0 Å². The molecule has 0 bridgehead atoms. The van der Waals surface area contributed by atoms with E-state index in [0.717, 1.165) is 32.2 Å². The second kappa shape index (κ2) is 5.91. The minimum atomic E-state index is -0.627. The van der Waals surface area contributed by atoms with Gasteiger partial charge in [0.2, 0.25) is 0 Å². The van der Waals surface area contributed by atoms with Crippen LogP contribution < -0.4 is 5.32 Å². The van der Waals surface area contributed by atoms with Crippen molar-refractivity contribution in [1.29, 1.82) is 0 Å². The molecule has 86 valence electrons. The molecular weight excluding hydrogens is 190 g/mol. The highest BCUT2D eigenvalue weighted by Gasteiger charge is 2.25. The second-order valence-electron chi connectivity index (χ2n) is 4.58. The zero-order valence-electron chi connectivity index (χ0n) is 9.62. The van der Waals surface area contributed by atoms with Crippen LogP contribution in [0.4, 0.5) is 0 Å². The van der Waals surface area contributed by atoms with Gasteiger partial charge in [-0.1, -0.05) is 11.6 Å². The molecule has 0 aliphatic heterocycles. The van der Waals surface area contributed by atoms with E-state index < -0.39 is 5.97 Å². The molecule has 0 heterocycles. The summed E-state index contributed by atoms with van der Waals surface area (Å²) in [6, 6.07) is 0.510. The lowest BCUT2D eigenvalue weighted by Gasteiger charge is -2.26. The van der Waals surface area contributed by atoms with Gasteiger partial charge in [0.05, 0.1) is 5.92 Å². The number of allylic oxidation sites excluding steroid dienone is 1. The van der Waals surface area contributed by atoms with Crippen LogP contribution in [0, 0.1) is 5.92 Å². The summed E-state index contributed by atoms with van der Waals surface area (Å²) in [6.45, 7) is 5.08. The largest absolute Gasteiger partial charge is 0.481 e. The fourth-order valence-corrected chi connectivity index (χ4v) is 1.97. The maximum Gasteiger partial charge on any atom is 0.306 e. The van der Waals surface area contributed by atoms with E-state index >= 15 is 0 Å². The summed E-state index contributed by atoms with van der Waals surface area (Å²) in [4.78, 5) is 10.7. The molecule has 15 heavy (non-hydrogen) atoms. The first-order valence-electron chi connectivity index (χ1n) is 5.69. The van der Waals surface area contributed by atoms with E-state index in [0.29, 0.717) is 6.04 Å². The lowest BCUT2D eigenvalue weighted by molar-refractivity contribution is -0.142. The molecule has 1 aliphatic rings. The SMILES string of the molecule is CC(C)=CCNC1CCC(C(=O)O)CC1. The average molecular weight is 211 g/mol. The van der Waals surface area contributed by atoms with Crippen molar-refractivity contribution in [3.05, 3.63) is 11.6 Å². The number of nitrogens with one attached hydrogen (secondary N) is 1. The van der Waals surface area contributed by atoms with Gasteiger partial charge in [-0.05, 0) is 39.5 Å². The molecule has 0 radical (unpaired) electrons. The molecule has 1 rings (SSSR count). The van der Waals surface area contributed by atoms with Crippen LogP contribution in [-0.4, -0.2) is 23.7 Å². The Morgan fingerprint density at radius 2 is 1.93 bits per heavy atom. The first-order chi connectivity index (χ1) is 7.09. The first kappa shape index (κ1) is 12.2. The highest BCUT2D eigenvalue weighted by atomic mass is 16.4. The van der Waals surface area contributed by atoms with Crippen LogP contribution in [-0.2, 0) is 4.79 Å². The predicted molar refractivity (Wildman–Crippen MR) is 60.8 cm³/mol. The molecule has 0 amide bonds. The molecule has 0 atom stereocenters. The number of carbonyl (C=O) groups is 1. The first-order valence-corrected chi connectivity index (χ1v) is 5.69. The summed E-state index contributed by atoms with van der Waals surface area (Å²) < 4.78 is 0. The molecule has 3 nitrogen and oxygen atoms in total. The third-order valence-corrected chi connectivity index (χ3v) is 2.99. The Hall–Kier alpha value is -0.830. The van der Waals surface area contributed by atoms with Crippen LogP contribution in [0.5, 0.6) is 0 Å². The smallest absolute Gasteiger partial charge is 0.306 e. The Kier molecular flexibility index (Phi) is 4.82. The average Bonchev–Trinajstić information content (AvgIpc) is 2.18. The molecule has 3 heteroatoms. The summed E-state index contributed by atoms with van der Waals surface area (Å²) in [5.74, 6) is -0.732. The minimum Gasteiger partial charge on any atom is -0.481 e. The van der Waals surface area contributed by atoms with Crippen LogP contribution in [0.1, 0.15) is 39.5 Å². The molecule has 1 saturated carbocycles. The van der Waals surface area contributed by atoms with Crippen molar-refractivity contribution in [2.24, 2.45) is 5.92 Å². The maximum absolute atomic E-state index is 10.7. The molecule has 0 aromatic carbocycles. The van der Waals surface area contributed by atoms with Crippen LogP contribution in [0.25, 0.3) is 0 Å². The zero-order chi connectivity index (χ0) is 11.3. The quantitative estimate of drug-likeness (QED) is 0.701. The van der Waals surface area contributed by atoms with E-state index in [-0.39, 0.29) is 5.92 Å². The second-order valence-corrected chi connectivity index (χ2v) is 4.58. The van der Waals surface area contributed by atoms with Crippen molar-refractivity contribution < 1.29 is 9.90 Å². The lowest BCUT2D eigenvalue weighted by atomic mass is 9.86. The third kappa shape index (κ3) is 4.47. The Labute approximate surface area is 91.6 Å². The third-order valence-electron chi connectivity index (χ3n) is 2.99. The van der Waals surface area contributed by atoms with Gasteiger partial charge >= 0.3 is 5.97 Å². The zero-order valence-corrected chi connectivity index (χ0v) is 9.62. The summed E-state index contributed by atoms with van der Waals surface area (Å²) in [7, 11) is 0.